The molecule has 3 atom stereocenters. The lowest BCUT2D eigenvalue weighted by Gasteiger charge is -2.44. The van der Waals surface area contributed by atoms with E-state index in [1.54, 1.807) is 0 Å². The van der Waals surface area contributed by atoms with Crippen molar-refractivity contribution in [1.29, 1.82) is 0 Å². The Bertz CT molecular complexity index is 496. The smallest absolute Gasteiger partial charge is 0.124 e. The molecule has 0 radical (unpaired) electrons. The summed E-state index contributed by atoms with van der Waals surface area (Å²) in [5.41, 5.74) is 2.95. The molecule has 1 aliphatic heterocycles. The molecule has 92 valence electrons. The van der Waals surface area contributed by atoms with Gasteiger partial charge < -0.3 is 4.74 Å². The summed E-state index contributed by atoms with van der Waals surface area (Å²) in [6, 6.07) is 4.46. The van der Waals surface area contributed by atoms with Gasteiger partial charge in [-0.05, 0) is 44.4 Å². The van der Waals surface area contributed by atoms with Crippen LogP contribution in [0.2, 0.25) is 0 Å². The van der Waals surface area contributed by atoms with Crippen molar-refractivity contribution in [3.8, 4) is 5.75 Å². The van der Waals surface area contributed by atoms with Gasteiger partial charge in [0, 0.05) is 21.4 Å². The summed E-state index contributed by atoms with van der Waals surface area (Å²) >= 11 is 3.65. The van der Waals surface area contributed by atoms with Crippen LogP contribution in [0.25, 0.3) is 0 Å². The second kappa shape index (κ2) is 3.28. The Morgan fingerprint density at radius 2 is 2.00 bits per heavy atom. The lowest BCUT2D eigenvalue weighted by Crippen LogP contribution is -2.45. The third-order valence-corrected chi connectivity index (χ3v) is 6.09. The molecule has 0 aromatic heterocycles. The summed E-state index contributed by atoms with van der Waals surface area (Å²) < 4.78 is 7.50. The van der Waals surface area contributed by atoms with Gasteiger partial charge in [-0.25, -0.2) is 0 Å². The summed E-state index contributed by atoms with van der Waals surface area (Å²) in [7, 11) is 0. The molecule has 0 saturated heterocycles. The van der Waals surface area contributed by atoms with Crippen LogP contribution in [0.1, 0.15) is 44.7 Å². The summed E-state index contributed by atoms with van der Waals surface area (Å²) in [5.74, 6) is 1.68. The van der Waals surface area contributed by atoms with Gasteiger partial charge in [-0.3, -0.25) is 0 Å². The first-order valence-electron chi connectivity index (χ1n) is 6.36. The van der Waals surface area contributed by atoms with E-state index in [4.69, 9.17) is 4.74 Å². The molecule has 1 aromatic carbocycles. The lowest BCUT2D eigenvalue weighted by molar-refractivity contribution is 0.0216. The highest BCUT2D eigenvalue weighted by Gasteiger charge is 2.56. The van der Waals surface area contributed by atoms with Gasteiger partial charge in [0.25, 0.3) is 0 Å². The first-order chi connectivity index (χ1) is 7.87. The fourth-order valence-corrected chi connectivity index (χ4v) is 3.90. The number of rotatable bonds is 0. The van der Waals surface area contributed by atoms with Crippen molar-refractivity contribution in [3.05, 3.63) is 27.7 Å². The van der Waals surface area contributed by atoms with Gasteiger partial charge in [-0.2, -0.15) is 0 Å². The SMILES string of the molecule is Cc1cc2c(cc1Br)[C@@]1(C)CC[C@@](C)(O2)[C@@H]1C. The highest BCUT2D eigenvalue weighted by molar-refractivity contribution is 9.10. The zero-order valence-corrected chi connectivity index (χ0v) is 12.5. The fourth-order valence-electron chi connectivity index (χ4n) is 3.56. The van der Waals surface area contributed by atoms with Gasteiger partial charge in [0.1, 0.15) is 11.4 Å². The summed E-state index contributed by atoms with van der Waals surface area (Å²) in [4.78, 5) is 0. The average molecular weight is 295 g/mol. The molecule has 2 bridgehead atoms. The predicted octanol–water partition coefficient (Wildman–Crippen LogP) is 4.60. The van der Waals surface area contributed by atoms with Crippen molar-refractivity contribution in [2.24, 2.45) is 5.92 Å². The van der Waals surface area contributed by atoms with Crippen molar-refractivity contribution in [2.75, 3.05) is 0 Å². The standard InChI is InChI=1S/C15H19BrO/c1-9-7-13-11(8-12(9)16)14(3)5-6-15(4,17-13)10(14)2/h7-8,10H,5-6H2,1-4H3/t10-,14+,15-/m1/s1. The van der Waals surface area contributed by atoms with Crippen LogP contribution >= 0.6 is 15.9 Å². The van der Waals surface area contributed by atoms with Crippen molar-refractivity contribution >= 4 is 15.9 Å². The van der Waals surface area contributed by atoms with Gasteiger partial charge in [-0.15, -0.1) is 0 Å². The normalized spacial score (nSPS) is 38.8. The van der Waals surface area contributed by atoms with Crippen molar-refractivity contribution in [2.45, 2.75) is 51.6 Å². The molecular weight excluding hydrogens is 276 g/mol. The first kappa shape index (κ1) is 11.6. The summed E-state index contributed by atoms with van der Waals surface area (Å²) in [6.07, 6.45) is 2.39. The molecule has 1 heterocycles. The van der Waals surface area contributed by atoms with Crippen LogP contribution in [0, 0.1) is 12.8 Å². The van der Waals surface area contributed by atoms with Crippen LogP contribution in [0.15, 0.2) is 16.6 Å². The van der Waals surface area contributed by atoms with Crippen LogP contribution < -0.4 is 4.74 Å². The molecule has 2 heteroatoms. The van der Waals surface area contributed by atoms with Crippen molar-refractivity contribution in [1.82, 2.24) is 0 Å². The molecular formula is C15H19BrO. The van der Waals surface area contributed by atoms with Crippen LogP contribution in [-0.2, 0) is 5.41 Å². The third kappa shape index (κ3) is 1.36. The van der Waals surface area contributed by atoms with E-state index in [0.717, 1.165) is 12.2 Å². The van der Waals surface area contributed by atoms with E-state index >= 15 is 0 Å². The molecule has 1 fully saturated rings. The number of aryl methyl sites for hydroxylation is 1. The van der Waals surface area contributed by atoms with Gasteiger partial charge in [-0.1, -0.05) is 29.8 Å². The Morgan fingerprint density at radius 3 is 2.71 bits per heavy atom. The molecule has 1 aliphatic carbocycles. The summed E-state index contributed by atoms with van der Waals surface area (Å²) in [6.45, 7) is 9.12. The van der Waals surface area contributed by atoms with Crippen molar-refractivity contribution < 1.29 is 4.74 Å². The topological polar surface area (TPSA) is 9.23 Å². The number of benzene rings is 1. The summed E-state index contributed by atoms with van der Waals surface area (Å²) in [5, 5.41) is 0. The van der Waals surface area contributed by atoms with E-state index in [2.05, 4.69) is 55.8 Å². The fraction of sp³-hybridized carbons (Fsp3) is 0.600. The monoisotopic (exact) mass is 294 g/mol. The number of hydrogen-bond acceptors (Lipinski definition) is 1. The zero-order valence-electron chi connectivity index (χ0n) is 10.9. The maximum atomic E-state index is 6.30. The molecule has 0 N–H and O–H groups in total. The number of hydrogen-bond donors (Lipinski definition) is 0. The highest BCUT2D eigenvalue weighted by Crippen LogP contribution is 2.58. The minimum Gasteiger partial charge on any atom is -0.487 e. The predicted molar refractivity (Wildman–Crippen MR) is 73.7 cm³/mol. The molecule has 0 unspecified atom stereocenters. The average Bonchev–Trinajstić information content (AvgIpc) is 2.43. The molecule has 17 heavy (non-hydrogen) atoms. The Balaban J connectivity index is 2.25. The third-order valence-electron chi connectivity index (χ3n) is 5.23. The quantitative estimate of drug-likeness (QED) is 0.680. The molecule has 0 spiro atoms. The van der Waals surface area contributed by atoms with Gasteiger partial charge in [0.15, 0.2) is 0 Å². The van der Waals surface area contributed by atoms with Crippen LogP contribution in [0.4, 0.5) is 0 Å². The van der Waals surface area contributed by atoms with Crippen molar-refractivity contribution in [3.63, 3.8) is 0 Å². The van der Waals surface area contributed by atoms with E-state index in [-0.39, 0.29) is 11.0 Å². The molecule has 1 nitrogen and oxygen atoms in total. The molecule has 3 rings (SSSR count). The maximum absolute atomic E-state index is 6.30. The Hall–Kier alpha value is -0.500. The zero-order chi connectivity index (χ0) is 12.4. The van der Waals surface area contributed by atoms with Crippen LogP contribution in [0.3, 0.4) is 0 Å². The van der Waals surface area contributed by atoms with E-state index in [9.17, 15) is 0 Å². The van der Waals surface area contributed by atoms with E-state index in [0.29, 0.717) is 5.92 Å². The Kier molecular flexibility index (Phi) is 2.24. The molecule has 1 saturated carbocycles. The number of halogens is 1. The highest BCUT2D eigenvalue weighted by atomic mass is 79.9. The van der Waals surface area contributed by atoms with Crippen LogP contribution in [0.5, 0.6) is 5.75 Å². The maximum Gasteiger partial charge on any atom is 0.124 e. The van der Waals surface area contributed by atoms with Gasteiger partial charge >= 0.3 is 0 Å². The van der Waals surface area contributed by atoms with E-state index < -0.39 is 0 Å². The second-order valence-electron chi connectivity index (χ2n) is 6.15. The largest absolute Gasteiger partial charge is 0.487 e. The Morgan fingerprint density at radius 1 is 1.29 bits per heavy atom. The van der Waals surface area contributed by atoms with Gasteiger partial charge in [0.05, 0.1) is 0 Å². The number of ether oxygens (including phenoxy) is 1. The minimum atomic E-state index is 0.0298. The molecule has 0 amide bonds. The molecule has 2 aliphatic rings. The first-order valence-corrected chi connectivity index (χ1v) is 7.16. The van der Waals surface area contributed by atoms with Gasteiger partial charge in [0.2, 0.25) is 0 Å². The van der Waals surface area contributed by atoms with Crippen LogP contribution in [-0.4, -0.2) is 5.60 Å². The lowest BCUT2D eigenvalue weighted by atomic mass is 9.70. The van der Waals surface area contributed by atoms with E-state index in [1.807, 2.05) is 0 Å². The molecule has 1 aromatic rings. The second-order valence-corrected chi connectivity index (χ2v) is 7.01. The Labute approximate surface area is 112 Å². The minimum absolute atomic E-state index is 0.0298. The van der Waals surface area contributed by atoms with E-state index in [1.165, 1.54) is 22.0 Å². The number of fused-ring (bicyclic) bond motifs is 4.